The Labute approximate surface area is 134 Å². The molecule has 1 amide bonds. The summed E-state index contributed by atoms with van der Waals surface area (Å²) in [6, 6.07) is 2.25. The van der Waals surface area contributed by atoms with Crippen molar-refractivity contribution in [3.63, 3.8) is 0 Å². The molecule has 1 aliphatic heterocycles. The minimum atomic E-state index is -0.723. The van der Waals surface area contributed by atoms with Crippen LogP contribution in [0.25, 0.3) is 0 Å². The number of aryl methyl sites for hydroxylation is 1. The molecular formula is C15H21N5OS. The van der Waals surface area contributed by atoms with Crippen LogP contribution >= 0.6 is 11.8 Å². The lowest BCUT2D eigenvalue weighted by atomic mass is 9.98. The van der Waals surface area contributed by atoms with Gasteiger partial charge in [0.25, 0.3) is 0 Å². The molecule has 0 radical (unpaired) electrons. The summed E-state index contributed by atoms with van der Waals surface area (Å²) in [5, 5.41) is 21.4. The minimum absolute atomic E-state index is 0.105. The highest BCUT2D eigenvalue weighted by Gasteiger charge is 2.42. The summed E-state index contributed by atoms with van der Waals surface area (Å²) in [5.74, 6) is 1.50. The zero-order chi connectivity index (χ0) is 15.6. The molecule has 0 saturated heterocycles. The van der Waals surface area contributed by atoms with Crippen molar-refractivity contribution in [2.45, 2.75) is 62.7 Å². The summed E-state index contributed by atoms with van der Waals surface area (Å²) in [4.78, 5) is 12.1. The maximum absolute atomic E-state index is 12.1. The van der Waals surface area contributed by atoms with E-state index in [9.17, 15) is 10.1 Å². The number of rotatable bonds is 5. The van der Waals surface area contributed by atoms with Crippen LogP contribution in [0.3, 0.4) is 0 Å². The first kappa shape index (κ1) is 15.3. The molecule has 2 heterocycles. The Morgan fingerprint density at radius 1 is 1.45 bits per heavy atom. The lowest BCUT2D eigenvalue weighted by Crippen LogP contribution is -2.47. The van der Waals surface area contributed by atoms with Crippen LogP contribution < -0.4 is 5.32 Å². The number of nitriles is 1. The smallest absolute Gasteiger partial charge is 0.231 e. The highest BCUT2D eigenvalue weighted by atomic mass is 32.2. The number of fused-ring (bicyclic) bond motifs is 1. The van der Waals surface area contributed by atoms with Crippen LogP contribution in [0.15, 0.2) is 5.16 Å². The predicted molar refractivity (Wildman–Crippen MR) is 83.2 cm³/mol. The number of hydrogen-bond donors (Lipinski definition) is 1. The molecule has 0 aromatic carbocycles. The van der Waals surface area contributed by atoms with E-state index in [0.717, 1.165) is 49.6 Å². The van der Waals surface area contributed by atoms with Crippen molar-refractivity contribution in [2.75, 3.05) is 5.75 Å². The average Bonchev–Trinajstić information content (AvgIpc) is 3.32. The Hall–Kier alpha value is -1.55. The van der Waals surface area contributed by atoms with Crippen LogP contribution in [0.5, 0.6) is 0 Å². The molecule has 2 aliphatic rings. The number of aromatic nitrogens is 3. The summed E-state index contributed by atoms with van der Waals surface area (Å²) in [5.41, 5.74) is -0.723. The highest BCUT2D eigenvalue weighted by Crippen LogP contribution is 2.39. The van der Waals surface area contributed by atoms with Crippen molar-refractivity contribution in [3.8, 4) is 6.07 Å². The van der Waals surface area contributed by atoms with Gasteiger partial charge in [-0.2, -0.15) is 5.26 Å². The highest BCUT2D eigenvalue weighted by molar-refractivity contribution is 7.99. The normalized spacial score (nSPS) is 20.4. The molecule has 1 aromatic heterocycles. The second-order valence-electron chi connectivity index (χ2n) is 6.29. The van der Waals surface area contributed by atoms with Gasteiger partial charge in [-0.3, -0.25) is 4.79 Å². The second kappa shape index (κ2) is 6.29. The van der Waals surface area contributed by atoms with Crippen molar-refractivity contribution in [1.82, 2.24) is 20.1 Å². The van der Waals surface area contributed by atoms with Gasteiger partial charge in [-0.25, -0.2) is 0 Å². The third-order valence-corrected chi connectivity index (χ3v) is 5.40. The zero-order valence-electron chi connectivity index (χ0n) is 12.8. The van der Waals surface area contributed by atoms with Crippen LogP contribution in [0.2, 0.25) is 0 Å². The van der Waals surface area contributed by atoms with Gasteiger partial charge < -0.3 is 9.88 Å². The lowest BCUT2D eigenvalue weighted by molar-refractivity contribution is -0.119. The number of carbonyl (C=O) groups excluding carboxylic acids is 1. The minimum Gasteiger partial charge on any atom is -0.337 e. The Morgan fingerprint density at radius 3 is 3.00 bits per heavy atom. The largest absolute Gasteiger partial charge is 0.337 e. The summed E-state index contributed by atoms with van der Waals surface area (Å²) >= 11 is 1.41. The maximum atomic E-state index is 12.1. The molecule has 0 bridgehead atoms. The number of thioether (sulfide) groups is 1. The topological polar surface area (TPSA) is 83.6 Å². The van der Waals surface area contributed by atoms with E-state index in [0.29, 0.717) is 5.92 Å². The summed E-state index contributed by atoms with van der Waals surface area (Å²) in [6.45, 7) is 2.75. The fourth-order valence-electron chi connectivity index (χ4n) is 2.90. The second-order valence-corrected chi connectivity index (χ2v) is 7.23. The molecule has 1 N–H and O–H groups in total. The molecule has 1 aliphatic carbocycles. The zero-order valence-corrected chi connectivity index (χ0v) is 13.7. The molecule has 1 saturated carbocycles. The number of hydrogen-bond acceptors (Lipinski definition) is 5. The lowest BCUT2D eigenvalue weighted by Gasteiger charge is -2.22. The van der Waals surface area contributed by atoms with Crippen molar-refractivity contribution < 1.29 is 4.79 Å². The van der Waals surface area contributed by atoms with Crippen molar-refractivity contribution in [3.05, 3.63) is 5.82 Å². The van der Waals surface area contributed by atoms with Crippen LogP contribution in [-0.2, 0) is 17.8 Å². The fourth-order valence-corrected chi connectivity index (χ4v) is 3.69. The molecule has 22 heavy (non-hydrogen) atoms. The molecule has 0 spiro atoms. The number of nitrogens with one attached hydrogen (secondary N) is 1. The first-order chi connectivity index (χ1) is 10.6. The number of carbonyl (C=O) groups is 1. The summed E-state index contributed by atoms with van der Waals surface area (Å²) < 4.78 is 2.13. The van der Waals surface area contributed by atoms with E-state index in [1.807, 2.05) is 6.92 Å². The molecule has 118 valence electrons. The number of nitrogens with zero attached hydrogens (tertiary/aromatic N) is 4. The molecule has 0 unspecified atom stereocenters. The van der Waals surface area contributed by atoms with E-state index >= 15 is 0 Å². The molecule has 6 nitrogen and oxygen atoms in total. The molecule has 1 atom stereocenters. The third kappa shape index (κ3) is 3.27. The van der Waals surface area contributed by atoms with E-state index < -0.39 is 5.54 Å². The predicted octanol–water partition coefficient (Wildman–Crippen LogP) is 1.91. The van der Waals surface area contributed by atoms with E-state index in [1.54, 1.807) is 0 Å². The number of amides is 1. The van der Waals surface area contributed by atoms with Gasteiger partial charge >= 0.3 is 0 Å². The fraction of sp³-hybridized carbons (Fsp3) is 0.733. The van der Waals surface area contributed by atoms with Crippen molar-refractivity contribution in [1.29, 1.82) is 5.26 Å². The van der Waals surface area contributed by atoms with Gasteiger partial charge in [0.05, 0.1) is 11.8 Å². The van der Waals surface area contributed by atoms with E-state index in [1.165, 1.54) is 18.2 Å². The SMILES string of the molecule is C[C@](C#N)(NC(=O)CSc1nnc2n1CCCCC2)C1CC1. The maximum Gasteiger partial charge on any atom is 0.231 e. The third-order valence-electron chi connectivity index (χ3n) is 4.43. The average molecular weight is 319 g/mol. The van der Waals surface area contributed by atoms with Gasteiger partial charge in [0.15, 0.2) is 5.16 Å². The standard InChI is InChI=1S/C15H21N5OS/c1-15(10-16,11-6-7-11)17-13(21)9-22-14-19-18-12-5-3-2-4-8-20(12)14/h11H,2-9H2,1H3,(H,17,21)/t15-/m1/s1. The molecule has 1 fully saturated rings. The monoisotopic (exact) mass is 319 g/mol. The molecule has 1 aromatic rings. The van der Waals surface area contributed by atoms with Gasteiger partial charge in [0.1, 0.15) is 11.4 Å². The Bertz CT molecular complexity index is 604. The first-order valence-corrected chi connectivity index (χ1v) is 8.88. The summed E-state index contributed by atoms with van der Waals surface area (Å²) in [6.07, 6.45) is 6.53. The van der Waals surface area contributed by atoms with E-state index in [-0.39, 0.29) is 11.7 Å². The van der Waals surface area contributed by atoms with Gasteiger partial charge in [-0.1, -0.05) is 18.2 Å². The Morgan fingerprint density at radius 2 is 2.27 bits per heavy atom. The molecule has 3 rings (SSSR count). The quantitative estimate of drug-likeness (QED) is 0.838. The van der Waals surface area contributed by atoms with E-state index in [4.69, 9.17) is 0 Å². The van der Waals surface area contributed by atoms with Crippen molar-refractivity contribution in [2.24, 2.45) is 5.92 Å². The van der Waals surface area contributed by atoms with Crippen LogP contribution in [-0.4, -0.2) is 32.0 Å². The first-order valence-electron chi connectivity index (χ1n) is 7.89. The van der Waals surface area contributed by atoms with Gasteiger partial charge in [0.2, 0.25) is 5.91 Å². The van der Waals surface area contributed by atoms with Crippen LogP contribution in [0.1, 0.15) is 44.9 Å². The van der Waals surface area contributed by atoms with Gasteiger partial charge in [-0.05, 0) is 38.5 Å². The Kier molecular flexibility index (Phi) is 4.39. The van der Waals surface area contributed by atoms with Gasteiger partial charge in [0, 0.05) is 13.0 Å². The van der Waals surface area contributed by atoms with E-state index in [2.05, 4.69) is 26.2 Å². The van der Waals surface area contributed by atoms with Crippen molar-refractivity contribution >= 4 is 17.7 Å². The Balaban J connectivity index is 1.57. The summed E-state index contributed by atoms with van der Waals surface area (Å²) in [7, 11) is 0. The molecule has 7 heteroatoms. The molecular weight excluding hydrogens is 298 g/mol. The van der Waals surface area contributed by atoms with Crippen LogP contribution in [0, 0.1) is 17.2 Å². The van der Waals surface area contributed by atoms with Gasteiger partial charge in [-0.15, -0.1) is 10.2 Å². The van der Waals surface area contributed by atoms with Crippen LogP contribution in [0.4, 0.5) is 0 Å².